The van der Waals surface area contributed by atoms with Gasteiger partial charge in [0, 0.05) is 28.4 Å². The molecule has 0 spiro atoms. The van der Waals surface area contributed by atoms with Gasteiger partial charge in [-0.2, -0.15) is 0 Å². The molecule has 0 radical (unpaired) electrons. The molecule has 28 heavy (non-hydrogen) atoms. The number of hydrogen-bond acceptors (Lipinski definition) is 4. The Morgan fingerprint density at radius 1 is 1.32 bits per heavy atom. The summed E-state index contributed by atoms with van der Waals surface area (Å²) in [5.41, 5.74) is 0.319. The third-order valence-electron chi connectivity index (χ3n) is 4.40. The van der Waals surface area contributed by atoms with Gasteiger partial charge < -0.3 is 9.63 Å². The molecule has 0 aliphatic carbocycles. The van der Waals surface area contributed by atoms with Gasteiger partial charge in [-0.15, -0.1) is 11.3 Å². The van der Waals surface area contributed by atoms with Crippen LogP contribution in [0.4, 0.5) is 0 Å². The largest absolute Gasteiger partial charge is 0.496 e. The van der Waals surface area contributed by atoms with Gasteiger partial charge in [-0.05, 0) is 40.6 Å². The van der Waals surface area contributed by atoms with Crippen molar-refractivity contribution in [1.82, 2.24) is 0 Å². The first-order valence-corrected chi connectivity index (χ1v) is 12.0. The van der Waals surface area contributed by atoms with Gasteiger partial charge in [0.25, 0.3) is 0 Å². The molecule has 3 aromatic rings. The number of ether oxygens (including phenoxy) is 1. The van der Waals surface area contributed by atoms with Crippen molar-refractivity contribution in [2.24, 2.45) is 0 Å². The Kier molecular flexibility index (Phi) is 6.41. The fraction of sp³-hybridized carbons (Fsp3) is 0.190. The predicted molar refractivity (Wildman–Crippen MR) is 117 cm³/mol. The minimum absolute atomic E-state index is 0.0407. The number of methoxy groups -OCH3 is 1. The molecule has 0 bridgehead atoms. The molecule has 0 saturated heterocycles. The van der Waals surface area contributed by atoms with Gasteiger partial charge in [-0.1, -0.05) is 42.0 Å². The number of carbonyl (C=O) groups excluding carboxylic acids is 1. The standard InChI is InChI=1S/C21H20ClO4PS/c1-26-19-9-4-3-6-14(19)7-5-8-18(23)21(27(2,24)25)17-13-28-20-11-10-15(22)12-16(17)20/h3-7,9-13,21H,8H2,1-2H3,(H,24,25)/b7-5+. The van der Waals surface area contributed by atoms with Crippen LogP contribution in [0.2, 0.25) is 5.02 Å². The Bertz CT molecular complexity index is 1080. The van der Waals surface area contributed by atoms with E-state index in [-0.39, 0.29) is 12.2 Å². The number of rotatable bonds is 7. The number of halogens is 1. The number of para-hydroxylation sites is 1. The number of Topliss-reactive ketones (excluding diaryl/α,β-unsaturated/α-hetero) is 1. The summed E-state index contributed by atoms with van der Waals surface area (Å²) in [6.07, 6.45) is 3.53. The van der Waals surface area contributed by atoms with Gasteiger partial charge >= 0.3 is 0 Å². The van der Waals surface area contributed by atoms with E-state index in [0.717, 1.165) is 15.6 Å². The van der Waals surface area contributed by atoms with Crippen molar-refractivity contribution in [1.29, 1.82) is 0 Å². The van der Waals surface area contributed by atoms with Crippen molar-refractivity contribution in [2.75, 3.05) is 13.8 Å². The molecule has 0 aliphatic rings. The Morgan fingerprint density at radius 3 is 2.79 bits per heavy atom. The number of thiophene rings is 1. The number of ketones is 1. The molecule has 0 saturated carbocycles. The van der Waals surface area contributed by atoms with Crippen LogP contribution in [0, 0.1) is 0 Å². The van der Waals surface area contributed by atoms with Crippen LogP contribution in [0.3, 0.4) is 0 Å². The number of allylic oxidation sites excluding steroid dienone is 1. The molecule has 2 unspecified atom stereocenters. The van der Waals surface area contributed by atoms with E-state index in [1.54, 1.807) is 36.8 Å². The van der Waals surface area contributed by atoms with Crippen LogP contribution in [0.25, 0.3) is 16.2 Å². The van der Waals surface area contributed by atoms with Crippen LogP contribution in [0.1, 0.15) is 23.2 Å². The topological polar surface area (TPSA) is 63.6 Å². The molecule has 3 rings (SSSR count). The van der Waals surface area contributed by atoms with E-state index < -0.39 is 13.0 Å². The second-order valence-electron chi connectivity index (χ2n) is 6.49. The molecule has 2 aromatic carbocycles. The SMILES string of the molecule is COc1ccccc1/C=C/CC(=O)C(c1csc2ccc(Cl)cc12)P(C)(=O)O. The number of fused-ring (bicyclic) bond motifs is 1. The lowest BCUT2D eigenvalue weighted by atomic mass is 10.0. The molecule has 1 aromatic heterocycles. The quantitative estimate of drug-likeness (QED) is 0.451. The summed E-state index contributed by atoms with van der Waals surface area (Å²) < 4.78 is 18.8. The second-order valence-corrected chi connectivity index (χ2v) is 10.2. The second kappa shape index (κ2) is 8.62. The van der Waals surface area contributed by atoms with Crippen LogP contribution in [-0.2, 0) is 9.36 Å². The third kappa shape index (κ3) is 4.56. The van der Waals surface area contributed by atoms with Crippen LogP contribution in [0.15, 0.2) is 53.9 Å². The molecule has 0 fully saturated rings. The van der Waals surface area contributed by atoms with Gasteiger partial charge in [-0.25, -0.2) is 0 Å². The maximum absolute atomic E-state index is 12.9. The number of hydrogen-bond donors (Lipinski definition) is 1. The first-order valence-electron chi connectivity index (χ1n) is 8.60. The maximum atomic E-state index is 12.9. The molecule has 146 valence electrons. The van der Waals surface area contributed by atoms with Gasteiger partial charge in [0.2, 0.25) is 7.37 Å². The van der Waals surface area contributed by atoms with E-state index in [9.17, 15) is 14.3 Å². The highest BCUT2D eigenvalue weighted by molar-refractivity contribution is 7.58. The highest BCUT2D eigenvalue weighted by Crippen LogP contribution is 2.55. The van der Waals surface area contributed by atoms with Crippen LogP contribution >= 0.6 is 30.3 Å². The zero-order chi connectivity index (χ0) is 20.3. The molecule has 0 aliphatic heterocycles. The van der Waals surface area contributed by atoms with Gasteiger partial charge in [0.1, 0.15) is 11.4 Å². The zero-order valence-electron chi connectivity index (χ0n) is 15.5. The van der Waals surface area contributed by atoms with Crippen molar-refractivity contribution in [3.63, 3.8) is 0 Å². The van der Waals surface area contributed by atoms with E-state index in [0.29, 0.717) is 16.3 Å². The Morgan fingerprint density at radius 2 is 2.07 bits per heavy atom. The van der Waals surface area contributed by atoms with Crippen LogP contribution in [0.5, 0.6) is 5.75 Å². The highest BCUT2D eigenvalue weighted by atomic mass is 35.5. The van der Waals surface area contributed by atoms with E-state index >= 15 is 0 Å². The molecular formula is C21H20ClO4PS. The Labute approximate surface area is 172 Å². The highest BCUT2D eigenvalue weighted by Gasteiger charge is 2.35. The maximum Gasteiger partial charge on any atom is 0.212 e. The van der Waals surface area contributed by atoms with E-state index in [1.165, 1.54) is 18.0 Å². The summed E-state index contributed by atoms with van der Waals surface area (Å²) in [5, 5.41) is 3.05. The summed E-state index contributed by atoms with van der Waals surface area (Å²) in [6.45, 7) is 1.23. The van der Waals surface area contributed by atoms with Gasteiger partial charge in [0.15, 0.2) is 5.78 Å². The lowest BCUT2D eigenvalue weighted by Crippen LogP contribution is -2.11. The first kappa shape index (κ1) is 20.8. The van der Waals surface area contributed by atoms with Crippen molar-refractivity contribution in [2.45, 2.75) is 12.1 Å². The summed E-state index contributed by atoms with van der Waals surface area (Å²) >= 11 is 7.52. The summed E-state index contributed by atoms with van der Waals surface area (Å²) in [6, 6.07) is 12.8. The number of benzene rings is 2. The first-order chi connectivity index (χ1) is 13.3. The van der Waals surface area contributed by atoms with Crippen LogP contribution < -0.4 is 4.74 Å². The summed E-state index contributed by atoms with van der Waals surface area (Å²) in [5.74, 6) is 0.392. The fourth-order valence-electron chi connectivity index (χ4n) is 3.15. The van der Waals surface area contributed by atoms with E-state index in [2.05, 4.69) is 0 Å². The molecular weight excluding hydrogens is 415 g/mol. The van der Waals surface area contributed by atoms with Crippen molar-refractivity contribution in [3.8, 4) is 5.75 Å². The van der Waals surface area contributed by atoms with Gasteiger partial charge in [0.05, 0.1) is 7.11 Å². The Hall–Kier alpha value is -1.91. The van der Waals surface area contributed by atoms with E-state index in [1.807, 2.05) is 30.3 Å². The monoisotopic (exact) mass is 434 g/mol. The molecule has 7 heteroatoms. The van der Waals surface area contributed by atoms with Crippen molar-refractivity contribution in [3.05, 3.63) is 70.1 Å². The van der Waals surface area contributed by atoms with Crippen molar-refractivity contribution < 1.29 is 19.0 Å². The average molecular weight is 435 g/mol. The lowest BCUT2D eigenvalue weighted by molar-refractivity contribution is -0.118. The third-order valence-corrected chi connectivity index (χ3v) is 7.14. The molecule has 2 atom stereocenters. The molecule has 1 N–H and O–H groups in total. The zero-order valence-corrected chi connectivity index (χ0v) is 17.9. The molecule has 0 amide bonds. The van der Waals surface area contributed by atoms with Crippen molar-refractivity contribution >= 4 is 52.3 Å². The summed E-state index contributed by atoms with van der Waals surface area (Å²) in [7, 11) is -2.13. The molecule has 4 nitrogen and oxygen atoms in total. The fourth-order valence-corrected chi connectivity index (χ4v) is 5.76. The molecule has 1 heterocycles. The Balaban J connectivity index is 1.90. The van der Waals surface area contributed by atoms with E-state index in [4.69, 9.17) is 16.3 Å². The smallest absolute Gasteiger partial charge is 0.212 e. The minimum Gasteiger partial charge on any atom is -0.496 e. The average Bonchev–Trinajstić information content (AvgIpc) is 3.03. The minimum atomic E-state index is -3.71. The van der Waals surface area contributed by atoms with Crippen LogP contribution in [-0.4, -0.2) is 24.5 Å². The summed E-state index contributed by atoms with van der Waals surface area (Å²) in [4.78, 5) is 23.2. The number of carbonyl (C=O) groups is 1. The predicted octanol–water partition coefficient (Wildman–Crippen LogP) is 6.18. The lowest BCUT2D eigenvalue weighted by Gasteiger charge is -2.18. The normalized spacial score (nSPS) is 14.9. The van der Waals surface area contributed by atoms with Gasteiger partial charge in [-0.3, -0.25) is 9.36 Å².